The molecule has 1 unspecified atom stereocenters. The zero-order valence-corrected chi connectivity index (χ0v) is 18.0. The van der Waals surface area contributed by atoms with Gasteiger partial charge < -0.3 is 15.0 Å². The van der Waals surface area contributed by atoms with Gasteiger partial charge in [0.25, 0.3) is 0 Å². The van der Waals surface area contributed by atoms with Gasteiger partial charge in [0.1, 0.15) is 11.6 Å². The molecule has 1 atom stereocenters. The average molecular weight is 415 g/mol. The number of rotatable bonds is 7. The molecule has 2 N–H and O–H groups in total. The maximum Gasteiger partial charge on any atom is 0.234 e. The summed E-state index contributed by atoms with van der Waals surface area (Å²) in [5, 5.41) is 4.21. The van der Waals surface area contributed by atoms with Crippen LogP contribution in [0.2, 0.25) is 0 Å². The second kappa shape index (κ2) is 9.00. The van der Waals surface area contributed by atoms with Gasteiger partial charge in [-0.1, -0.05) is 41.6 Å². The highest BCUT2D eigenvalue weighted by Gasteiger charge is 2.23. The number of nitrogen functional groups attached to an aromatic ring is 1. The van der Waals surface area contributed by atoms with Crippen molar-refractivity contribution in [3.63, 3.8) is 0 Å². The van der Waals surface area contributed by atoms with Crippen LogP contribution in [0.1, 0.15) is 45.5 Å². The quantitative estimate of drug-likeness (QED) is 0.474. The Labute approximate surface area is 182 Å². The highest BCUT2D eigenvalue weighted by atomic mass is 16.5. The van der Waals surface area contributed by atoms with Crippen LogP contribution in [0, 0.1) is 13.8 Å². The molecule has 158 valence electrons. The standard InChI is InChI=1S/C25H26N4O2/c1-16-9-10-18(12-17(16)2)13-22(19-6-4-8-21(14-19)30-3)25-28-23(29-31-25)15-20-7-5-11-27-24(20)26/h4-12,14,22H,13,15H2,1-3H3,(H2,26,27). The van der Waals surface area contributed by atoms with E-state index in [2.05, 4.69) is 48.3 Å². The Morgan fingerprint density at radius 3 is 2.68 bits per heavy atom. The maximum absolute atomic E-state index is 5.98. The molecule has 4 aromatic rings. The molecule has 0 spiro atoms. The molecule has 0 aliphatic carbocycles. The van der Waals surface area contributed by atoms with Crippen molar-refractivity contribution in [3.8, 4) is 5.75 Å². The van der Waals surface area contributed by atoms with Gasteiger partial charge in [0, 0.05) is 18.2 Å². The van der Waals surface area contributed by atoms with Gasteiger partial charge in [0.2, 0.25) is 5.89 Å². The molecule has 0 amide bonds. The first-order chi connectivity index (χ1) is 15.0. The first-order valence-electron chi connectivity index (χ1n) is 10.3. The number of aromatic nitrogens is 3. The molecule has 6 nitrogen and oxygen atoms in total. The molecule has 0 saturated heterocycles. The van der Waals surface area contributed by atoms with E-state index < -0.39 is 0 Å². The lowest BCUT2D eigenvalue weighted by Gasteiger charge is -2.15. The van der Waals surface area contributed by atoms with Crippen LogP contribution in [-0.4, -0.2) is 22.2 Å². The number of aryl methyl sites for hydroxylation is 2. The highest BCUT2D eigenvalue weighted by Crippen LogP contribution is 2.30. The monoisotopic (exact) mass is 414 g/mol. The van der Waals surface area contributed by atoms with Crippen LogP contribution >= 0.6 is 0 Å². The topological polar surface area (TPSA) is 87.1 Å². The van der Waals surface area contributed by atoms with Crippen LogP contribution in [0.25, 0.3) is 0 Å². The number of ether oxygens (including phenoxy) is 1. The van der Waals surface area contributed by atoms with Gasteiger partial charge in [0.05, 0.1) is 13.0 Å². The Morgan fingerprint density at radius 1 is 1.03 bits per heavy atom. The Balaban J connectivity index is 1.67. The fraction of sp³-hybridized carbons (Fsp3) is 0.240. The van der Waals surface area contributed by atoms with Crippen molar-refractivity contribution in [2.24, 2.45) is 0 Å². The number of anilines is 1. The molecular formula is C25H26N4O2. The summed E-state index contributed by atoms with van der Waals surface area (Å²) < 4.78 is 11.2. The molecule has 0 bridgehead atoms. The Morgan fingerprint density at radius 2 is 1.90 bits per heavy atom. The SMILES string of the molecule is COc1cccc(C(Cc2ccc(C)c(C)c2)c2nc(Cc3cccnc3N)no2)c1. The second-order valence-electron chi connectivity index (χ2n) is 7.73. The zero-order valence-electron chi connectivity index (χ0n) is 18.0. The van der Waals surface area contributed by atoms with Gasteiger partial charge in [-0.2, -0.15) is 4.98 Å². The van der Waals surface area contributed by atoms with Crippen LogP contribution in [0.5, 0.6) is 5.75 Å². The van der Waals surface area contributed by atoms with E-state index in [1.165, 1.54) is 16.7 Å². The lowest BCUT2D eigenvalue weighted by molar-refractivity contribution is 0.360. The summed E-state index contributed by atoms with van der Waals surface area (Å²) in [6.45, 7) is 4.25. The van der Waals surface area contributed by atoms with E-state index >= 15 is 0 Å². The molecule has 0 fully saturated rings. The summed E-state index contributed by atoms with van der Waals surface area (Å²) in [7, 11) is 1.67. The van der Waals surface area contributed by atoms with Gasteiger partial charge in [-0.15, -0.1) is 0 Å². The zero-order chi connectivity index (χ0) is 21.8. The Bertz CT molecular complexity index is 1190. The largest absolute Gasteiger partial charge is 0.497 e. The fourth-order valence-corrected chi connectivity index (χ4v) is 3.62. The number of hydrogen-bond donors (Lipinski definition) is 1. The maximum atomic E-state index is 5.98. The minimum absolute atomic E-state index is 0.0929. The highest BCUT2D eigenvalue weighted by molar-refractivity contribution is 5.40. The van der Waals surface area contributed by atoms with E-state index in [4.69, 9.17) is 20.0 Å². The molecule has 4 rings (SSSR count). The van der Waals surface area contributed by atoms with Crippen molar-refractivity contribution in [3.05, 3.63) is 100 Å². The molecule has 0 radical (unpaired) electrons. The van der Waals surface area contributed by atoms with Gasteiger partial charge in [-0.25, -0.2) is 4.98 Å². The molecule has 0 saturated carbocycles. The number of nitrogens with zero attached hydrogens (tertiary/aromatic N) is 3. The van der Waals surface area contributed by atoms with E-state index in [1.807, 2.05) is 30.3 Å². The molecule has 31 heavy (non-hydrogen) atoms. The fourth-order valence-electron chi connectivity index (χ4n) is 3.62. The predicted octanol–water partition coefficient (Wildman–Crippen LogP) is 4.64. The summed E-state index contributed by atoms with van der Waals surface area (Å²) in [6.07, 6.45) is 2.88. The summed E-state index contributed by atoms with van der Waals surface area (Å²) in [4.78, 5) is 8.85. The number of nitrogens with two attached hydrogens (primary N) is 1. The van der Waals surface area contributed by atoms with E-state index in [9.17, 15) is 0 Å². The van der Waals surface area contributed by atoms with Gasteiger partial charge >= 0.3 is 0 Å². The van der Waals surface area contributed by atoms with Crippen LogP contribution < -0.4 is 10.5 Å². The number of benzene rings is 2. The van der Waals surface area contributed by atoms with Gasteiger partial charge in [0.15, 0.2) is 5.82 Å². The van der Waals surface area contributed by atoms with Crippen LogP contribution in [0.4, 0.5) is 5.82 Å². The first-order valence-corrected chi connectivity index (χ1v) is 10.3. The molecule has 2 heterocycles. The third kappa shape index (κ3) is 4.74. The summed E-state index contributed by atoms with van der Waals surface area (Å²) in [5.74, 6) is 2.34. The first kappa shape index (κ1) is 20.6. The number of methoxy groups -OCH3 is 1. The Kier molecular flexibility index (Phi) is 5.98. The van der Waals surface area contributed by atoms with Gasteiger partial charge in [-0.3, -0.25) is 0 Å². The molecule has 2 aromatic heterocycles. The van der Waals surface area contributed by atoms with E-state index in [1.54, 1.807) is 13.3 Å². The molecule has 0 aliphatic heterocycles. The summed E-state index contributed by atoms with van der Waals surface area (Å²) >= 11 is 0. The van der Waals surface area contributed by atoms with Crippen LogP contribution in [0.15, 0.2) is 65.3 Å². The summed E-state index contributed by atoms with van der Waals surface area (Å²) in [5.41, 5.74) is 11.7. The lowest BCUT2D eigenvalue weighted by Crippen LogP contribution is -2.07. The third-order valence-corrected chi connectivity index (χ3v) is 5.56. The van der Waals surface area contributed by atoms with Crippen molar-refractivity contribution in [2.75, 3.05) is 12.8 Å². The third-order valence-electron chi connectivity index (χ3n) is 5.56. The number of pyridine rings is 1. The van der Waals surface area contributed by atoms with Crippen molar-refractivity contribution >= 4 is 5.82 Å². The van der Waals surface area contributed by atoms with Crippen LogP contribution in [0.3, 0.4) is 0 Å². The second-order valence-corrected chi connectivity index (χ2v) is 7.73. The van der Waals surface area contributed by atoms with Crippen molar-refractivity contribution in [2.45, 2.75) is 32.6 Å². The summed E-state index contributed by atoms with van der Waals surface area (Å²) in [6, 6.07) is 18.3. The van der Waals surface area contributed by atoms with Crippen molar-refractivity contribution in [1.82, 2.24) is 15.1 Å². The van der Waals surface area contributed by atoms with E-state index in [0.717, 1.165) is 23.3 Å². The molecule has 0 aliphatic rings. The van der Waals surface area contributed by atoms with E-state index in [-0.39, 0.29) is 5.92 Å². The minimum Gasteiger partial charge on any atom is -0.497 e. The lowest BCUT2D eigenvalue weighted by atomic mass is 9.90. The van der Waals surface area contributed by atoms with Gasteiger partial charge in [-0.05, 0) is 60.7 Å². The average Bonchev–Trinajstić information content (AvgIpc) is 3.24. The normalized spacial score (nSPS) is 12.0. The molecule has 2 aromatic carbocycles. The molecular weight excluding hydrogens is 388 g/mol. The number of hydrogen-bond acceptors (Lipinski definition) is 6. The van der Waals surface area contributed by atoms with Crippen molar-refractivity contribution in [1.29, 1.82) is 0 Å². The van der Waals surface area contributed by atoms with Crippen molar-refractivity contribution < 1.29 is 9.26 Å². The predicted molar refractivity (Wildman–Crippen MR) is 120 cm³/mol. The van der Waals surface area contributed by atoms with E-state index in [0.29, 0.717) is 24.0 Å². The molecule has 6 heteroatoms. The minimum atomic E-state index is -0.0929. The Hall–Kier alpha value is -3.67. The smallest absolute Gasteiger partial charge is 0.234 e. The van der Waals surface area contributed by atoms with Crippen LogP contribution in [-0.2, 0) is 12.8 Å².